The zero-order valence-electron chi connectivity index (χ0n) is 9.03. The van der Waals surface area contributed by atoms with E-state index >= 15 is 0 Å². The van der Waals surface area contributed by atoms with Gasteiger partial charge in [0.15, 0.2) is 0 Å². The minimum Gasteiger partial charge on any atom is -0.392 e. The Bertz CT molecular complexity index is 319. The van der Waals surface area contributed by atoms with E-state index in [1.54, 1.807) is 17.8 Å². The summed E-state index contributed by atoms with van der Waals surface area (Å²) in [6, 6.07) is 4.51. The first-order valence-electron chi connectivity index (χ1n) is 4.78. The number of anilines is 1. The van der Waals surface area contributed by atoms with Crippen LogP contribution in [0.2, 0.25) is 0 Å². The molecule has 1 N–H and O–H groups in total. The predicted molar refractivity (Wildman–Crippen MR) is 64.0 cm³/mol. The van der Waals surface area contributed by atoms with Gasteiger partial charge in [-0.1, -0.05) is 0 Å². The minimum absolute atomic E-state index is 0.128. The number of benzene rings is 1. The number of nitrogens with zero attached hydrogens (tertiary/aromatic N) is 1. The maximum absolute atomic E-state index is 12.9. The molecule has 2 nitrogen and oxygen atoms in total. The monoisotopic (exact) mass is 229 g/mol. The summed E-state index contributed by atoms with van der Waals surface area (Å²) in [6.07, 6.45) is 2.05. The molecule has 0 saturated carbocycles. The number of aliphatic hydroxyl groups excluding tert-OH is 1. The second kappa shape index (κ2) is 5.98. The van der Waals surface area contributed by atoms with Crippen LogP contribution in [0.1, 0.15) is 5.56 Å². The molecule has 0 atom stereocenters. The first-order valence-corrected chi connectivity index (χ1v) is 6.17. The third-order valence-corrected chi connectivity index (χ3v) is 2.84. The smallest absolute Gasteiger partial charge is 0.123 e. The van der Waals surface area contributed by atoms with E-state index in [9.17, 15) is 4.39 Å². The topological polar surface area (TPSA) is 23.5 Å². The fraction of sp³-hybridized carbons (Fsp3) is 0.455. The molecule has 4 heteroatoms. The van der Waals surface area contributed by atoms with Crippen molar-refractivity contribution in [3.05, 3.63) is 29.6 Å². The van der Waals surface area contributed by atoms with E-state index in [4.69, 9.17) is 5.11 Å². The summed E-state index contributed by atoms with van der Waals surface area (Å²) in [5.74, 6) is 0.708. The summed E-state index contributed by atoms with van der Waals surface area (Å²) in [6.45, 7) is 0.760. The lowest BCUT2D eigenvalue weighted by Crippen LogP contribution is -2.21. The van der Waals surface area contributed by atoms with Crippen molar-refractivity contribution in [3.63, 3.8) is 0 Å². The van der Waals surface area contributed by atoms with Gasteiger partial charge < -0.3 is 10.0 Å². The molecule has 1 aromatic carbocycles. The maximum atomic E-state index is 12.9. The minimum atomic E-state index is -0.305. The molecule has 1 aromatic rings. The van der Waals surface area contributed by atoms with Gasteiger partial charge in [-0.25, -0.2) is 4.39 Å². The average Bonchev–Trinajstić information content (AvgIpc) is 2.25. The van der Waals surface area contributed by atoms with Crippen LogP contribution in [0.25, 0.3) is 0 Å². The van der Waals surface area contributed by atoms with Crippen molar-refractivity contribution in [2.45, 2.75) is 6.61 Å². The van der Waals surface area contributed by atoms with E-state index < -0.39 is 0 Å². The first-order chi connectivity index (χ1) is 7.19. The van der Waals surface area contributed by atoms with Gasteiger partial charge in [0.25, 0.3) is 0 Å². The fourth-order valence-electron chi connectivity index (χ4n) is 1.40. The Labute approximate surface area is 94.1 Å². The highest BCUT2D eigenvalue weighted by Crippen LogP contribution is 2.20. The Kier molecular flexibility index (Phi) is 4.91. The van der Waals surface area contributed by atoms with Crippen LogP contribution in [0.3, 0.4) is 0 Å². The Morgan fingerprint density at radius 1 is 1.47 bits per heavy atom. The fourth-order valence-corrected chi connectivity index (χ4v) is 1.86. The summed E-state index contributed by atoms with van der Waals surface area (Å²) >= 11 is 1.76. The Morgan fingerprint density at radius 3 is 2.80 bits per heavy atom. The van der Waals surface area contributed by atoms with Gasteiger partial charge in [-0.15, -0.1) is 0 Å². The third-order valence-electron chi connectivity index (χ3n) is 2.25. The van der Waals surface area contributed by atoms with Crippen molar-refractivity contribution in [1.82, 2.24) is 0 Å². The van der Waals surface area contributed by atoms with Crippen LogP contribution in [0.4, 0.5) is 10.1 Å². The molecule has 0 bridgehead atoms. The van der Waals surface area contributed by atoms with Crippen molar-refractivity contribution in [2.24, 2.45) is 0 Å². The Balaban J connectivity index is 2.82. The second-order valence-electron chi connectivity index (χ2n) is 3.35. The van der Waals surface area contributed by atoms with E-state index in [2.05, 4.69) is 0 Å². The molecular weight excluding hydrogens is 213 g/mol. The highest BCUT2D eigenvalue weighted by Gasteiger charge is 2.07. The van der Waals surface area contributed by atoms with Crippen molar-refractivity contribution in [2.75, 3.05) is 30.5 Å². The molecule has 0 aliphatic carbocycles. The van der Waals surface area contributed by atoms with Gasteiger partial charge in [0.1, 0.15) is 5.82 Å². The van der Waals surface area contributed by atoms with Gasteiger partial charge in [-0.3, -0.25) is 0 Å². The van der Waals surface area contributed by atoms with Crippen molar-refractivity contribution < 1.29 is 9.50 Å². The molecule has 0 fully saturated rings. The van der Waals surface area contributed by atoms with Crippen LogP contribution in [0.5, 0.6) is 0 Å². The molecule has 0 amide bonds. The van der Waals surface area contributed by atoms with Gasteiger partial charge in [0, 0.05) is 30.6 Å². The summed E-state index contributed by atoms with van der Waals surface area (Å²) in [5, 5.41) is 9.12. The molecule has 0 aliphatic heterocycles. The molecule has 0 spiro atoms. The van der Waals surface area contributed by atoms with Gasteiger partial charge in [0.2, 0.25) is 0 Å². The lowest BCUT2D eigenvalue weighted by Gasteiger charge is -2.21. The average molecular weight is 229 g/mol. The summed E-state index contributed by atoms with van der Waals surface area (Å²) in [4.78, 5) is 2.03. The third kappa shape index (κ3) is 3.39. The quantitative estimate of drug-likeness (QED) is 0.836. The van der Waals surface area contributed by atoms with Crippen molar-refractivity contribution in [1.29, 1.82) is 0 Å². The largest absolute Gasteiger partial charge is 0.392 e. The van der Waals surface area contributed by atoms with Crippen LogP contribution in [-0.2, 0) is 6.61 Å². The zero-order valence-corrected chi connectivity index (χ0v) is 9.85. The molecule has 0 aromatic heterocycles. The van der Waals surface area contributed by atoms with E-state index in [0.717, 1.165) is 18.0 Å². The van der Waals surface area contributed by atoms with E-state index in [0.29, 0.717) is 5.56 Å². The molecule has 1 rings (SSSR count). The van der Waals surface area contributed by atoms with Crippen LogP contribution < -0.4 is 4.90 Å². The van der Waals surface area contributed by atoms with Crippen molar-refractivity contribution in [3.8, 4) is 0 Å². The summed E-state index contributed by atoms with van der Waals surface area (Å²) in [5.41, 5.74) is 1.53. The van der Waals surface area contributed by atoms with Gasteiger partial charge in [-0.05, 0) is 24.5 Å². The number of halogens is 1. The number of hydrogen-bond acceptors (Lipinski definition) is 3. The van der Waals surface area contributed by atoms with Gasteiger partial charge >= 0.3 is 0 Å². The molecule has 84 valence electrons. The van der Waals surface area contributed by atoms with E-state index in [1.165, 1.54) is 12.1 Å². The second-order valence-corrected chi connectivity index (χ2v) is 4.33. The Morgan fingerprint density at radius 2 is 2.20 bits per heavy atom. The molecule has 0 radical (unpaired) electrons. The lowest BCUT2D eigenvalue weighted by atomic mass is 10.1. The van der Waals surface area contributed by atoms with E-state index in [-0.39, 0.29) is 12.4 Å². The first kappa shape index (κ1) is 12.3. The molecule has 0 saturated heterocycles. The zero-order chi connectivity index (χ0) is 11.3. The SMILES string of the molecule is CSCCN(C)c1ccc(F)cc1CO. The van der Waals surface area contributed by atoms with Crippen LogP contribution >= 0.6 is 11.8 Å². The normalized spacial score (nSPS) is 10.4. The number of rotatable bonds is 5. The van der Waals surface area contributed by atoms with Crippen LogP contribution in [0, 0.1) is 5.82 Å². The molecule has 0 heterocycles. The van der Waals surface area contributed by atoms with Crippen LogP contribution in [0.15, 0.2) is 18.2 Å². The summed E-state index contributed by atoms with van der Waals surface area (Å²) in [7, 11) is 1.95. The highest BCUT2D eigenvalue weighted by molar-refractivity contribution is 7.98. The van der Waals surface area contributed by atoms with Crippen LogP contribution in [-0.4, -0.2) is 30.7 Å². The summed E-state index contributed by atoms with van der Waals surface area (Å²) < 4.78 is 12.9. The molecule has 15 heavy (non-hydrogen) atoms. The van der Waals surface area contributed by atoms with Gasteiger partial charge in [0.05, 0.1) is 6.61 Å². The van der Waals surface area contributed by atoms with Gasteiger partial charge in [-0.2, -0.15) is 11.8 Å². The standard InChI is InChI=1S/C11H16FNOS/c1-13(5-6-15-2)11-4-3-10(12)7-9(11)8-14/h3-4,7,14H,5-6,8H2,1-2H3. The highest BCUT2D eigenvalue weighted by atomic mass is 32.2. The predicted octanol–water partition coefficient (Wildman–Crippen LogP) is 2.12. The van der Waals surface area contributed by atoms with E-state index in [1.807, 2.05) is 18.2 Å². The Hall–Kier alpha value is -0.740. The number of hydrogen-bond donors (Lipinski definition) is 1. The van der Waals surface area contributed by atoms with Crippen molar-refractivity contribution >= 4 is 17.4 Å². The molecule has 0 unspecified atom stereocenters. The molecule has 0 aliphatic rings. The maximum Gasteiger partial charge on any atom is 0.123 e. The number of aliphatic hydroxyl groups is 1. The number of thioether (sulfide) groups is 1. The molecular formula is C11H16FNOS. The lowest BCUT2D eigenvalue weighted by molar-refractivity contribution is 0.281.